The highest BCUT2D eigenvalue weighted by Crippen LogP contribution is 2.21. The fourth-order valence-corrected chi connectivity index (χ4v) is 2.28. The third-order valence-electron chi connectivity index (χ3n) is 3.39. The number of ether oxygens (including phenoxy) is 2. The predicted molar refractivity (Wildman–Crippen MR) is 70.9 cm³/mol. The van der Waals surface area contributed by atoms with E-state index in [4.69, 9.17) is 15.2 Å². The molecule has 2 unspecified atom stereocenters. The molecule has 1 aliphatic heterocycles. The van der Waals surface area contributed by atoms with Crippen LogP contribution in [0.1, 0.15) is 42.9 Å². The van der Waals surface area contributed by atoms with Gasteiger partial charge in [-0.3, -0.25) is 4.68 Å². The molecule has 0 saturated carbocycles. The first-order valence-electron chi connectivity index (χ1n) is 6.68. The van der Waals surface area contributed by atoms with Crippen molar-refractivity contribution >= 4 is 11.7 Å². The fourth-order valence-electron chi connectivity index (χ4n) is 2.28. The molecule has 2 rings (SSSR count). The highest BCUT2D eigenvalue weighted by Gasteiger charge is 2.25. The maximum atomic E-state index is 12.1. The van der Waals surface area contributed by atoms with Gasteiger partial charge in [0.1, 0.15) is 6.61 Å². The van der Waals surface area contributed by atoms with E-state index in [-0.39, 0.29) is 18.8 Å². The van der Waals surface area contributed by atoms with Crippen molar-refractivity contribution in [3.8, 4) is 0 Å². The molecule has 1 fully saturated rings. The van der Waals surface area contributed by atoms with Crippen molar-refractivity contribution < 1.29 is 14.3 Å². The number of carbonyl (C=O) groups excluding carboxylic acids is 1. The van der Waals surface area contributed by atoms with Crippen molar-refractivity contribution in [1.82, 2.24) is 9.78 Å². The van der Waals surface area contributed by atoms with Crippen molar-refractivity contribution in [2.75, 3.05) is 12.3 Å². The van der Waals surface area contributed by atoms with Crippen molar-refractivity contribution in [2.24, 2.45) is 0 Å². The molecule has 1 saturated heterocycles. The molecule has 0 spiro atoms. The van der Waals surface area contributed by atoms with Crippen molar-refractivity contribution in [3.05, 3.63) is 11.4 Å². The van der Waals surface area contributed by atoms with E-state index in [0.29, 0.717) is 23.6 Å². The highest BCUT2D eigenvalue weighted by molar-refractivity contribution is 5.93. The standard InChI is InChI=1S/C13H21N3O3/c1-4-16-12(11(14)9(3)15-16)13(17)18-7-10-6-5-8(2)19-10/h8,10H,4-7,14H2,1-3H3. The van der Waals surface area contributed by atoms with Crippen LogP contribution in [-0.4, -0.2) is 34.6 Å². The van der Waals surface area contributed by atoms with Gasteiger partial charge in [0, 0.05) is 6.54 Å². The van der Waals surface area contributed by atoms with Gasteiger partial charge in [-0.15, -0.1) is 0 Å². The normalized spacial score (nSPS) is 22.7. The molecule has 2 N–H and O–H groups in total. The quantitative estimate of drug-likeness (QED) is 0.837. The SMILES string of the molecule is CCn1nc(C)c(N)c1C(=O)OCC1CCC(C)O1. The van der Waals surface area contributed by atoms with Gasteiger partial charge in [-0.2, -0.15) is 5.10 Å². The smallest absolute Gasteiger partial charge is 0.358 e. The Hall–Kier alpha value is -1.56. The van der Waals surface area contributed by atoms with E-state index in [1.807, 2.05) is 13.8 Å². The number of aryl methyl sites for hydroxylation is 2. The largest absolute Gasteiger partial charge is 0.458 e. The molecule has 0 aliphatic carbocycles. The lowest BCUT2D eigenvalue weighted by Gasteiger charge is -2.12. The van der Waals surface area contributed by atoms with Gasteiger partial charge < -0.3 is 15.2 Å². The summed E-state index contributed by atoms with van der Waals surface area (Å²) in [5.41, 5.74) is 7.26. The van der Waals surface area contributed by atoms with Crippen molar-refractivity contribution in [3.63, 3.8) is 0 Å². The third-order valence-corrected chi connectivity index (χ3v) is 3.39. The van der Waals surface area contributed by atoms with E-state index in [1.165, 1.54) is 0 Å². The van der Waals surface area contributed by atoms with Crippen molar-refractivity contribution in [2.45, 2.75) is 52.4 Å². The lowest BCUT2D eigenvalue weighted by atomic mass is 10.2. The second-order valence-electron chi connectivity index (χ2n) is 4.91. The molecule has 1 aromatic rings. The van der Waals surface area contributed by atoms with Crippen LogP contribution in [0.5, 0.6) is 0 Å². The molecule has 0 amide bonds. The molecule has 1 aliphatic rings. The molecule has 106 valence electrons. The minimum absolute atomic E-state index is 0.000676. The molecule has 0 aromatic carbocycles. The topological polar surface area (TPSA) is 79.4 Å². The zero-order chi connectivity index (χ0) is 14.0. The first-order chi connectivity index (χ1) is 9.02. The van der Waals surface area contributed by atoms with Crippen LogP contribution < -0.4 is 5.73 Å². The minimum Gasteiger partial charge on any atom is -0.458 e. The molecule has 1 aromatic heterocycles. The van der Waals surface area contributed by atoms with Gasteiger partial charge in [0.2, 0.25) is 0 Å². The molecule has 0 radical (unpaired) electrons. The van der Waals surface area contributed by atoms with Crippen LogP contribution in [0.3, 0.4) is 0 Å². The molecular formula is C13H21N3O3. The van der Waals surface area contributed by atoms with E-state index in [1.54, 1.807) is 11.6 Å². The summed E-state index contributed by atoms with van der Waals surface area (Å²) in [4.78, 5) is 12.1. The second-order valence-corrected chi connectivity index (χ2v) is 4.91. The molecule has 6 heteroatoms. The number of nitrogens with two attached hydrogens (primary N) is 1. The van der Waals surface area contributed by atoms with E-state index >= 15 is 0 Å². The van der Waals surface area contributed by atoms with Gasteiger partial charge in [-0.1, -0.05) is 0 Å². The van der Waals surface area contributed by atoms with Gasteiger partial charge in [0.25, 0.3) is 0 Å². The molecular weight excluding hydrogens is 246 g/mol. The number of esters is 1. The summed E-state index contributed by atoms with van der Waals surface area (Å²) >= 11 is 0. The summed E-state index contributed by atoms with van der Waals surface area (Å²) in [5, 5.41) is 4.20. The zero-order valence-electron chi connectivity index (χ0n) is 11.7. The lowest BCUT2D eigenvalue weighted by molar-refractivity contribution is -0.00326. The Morgan fingerprint density at radius 3 is 2.89 bits per heavy atom. The summed E-state index contributed by atoms with van der Waals surface area (Å²) < 4.78 is 12.5. The van der Waals surface area contributed by atoms with Crippen LogP contribution in [0.15, 0.2) is 0 Å². The first kappa shape index (κ1) is 13.9. The van der Waals surface area contributed by atoms with Gasteiger partial charge in [0.15, 0.2) is 5.69 Å². The first-order valence-corrected chi connectivity index (χ1v) is 6.68. The molecule has 6 nitrogen and oxygen atoms in total. The van der Waals surface area contributed by atoms with Gasteiger partial charge >= 0.3 is 5.97 Å². The number of aromatic nitrogens is 2. The Morgan fingerprint density at radius 1 is 1.58 bits per heavy atom. The van der Waals surface area contributed by atoms with Crippen LogP contribution >= 0.6 is 0 Å². The van der Waals surface area contributed by atoms with Crippen LogP contribution in [-0.2, 0) is 16.0 Å². The Labute approximate surface area is 112 Å². The average molecular weight is 267 g/mol. The van der Waals surface area contributed by atoms with Crippen molar-refractivity contribution in [1.29, 1.82) is 0 Å². The van der Waals surface area contributed by atoms with Gasteiger partial charge in [0.05, 0.1) is 23.6 Å². The maximum absolute atomic E-state index is 12.1. The number of nitrogen functional groups attached to an aromatic ring is 1. The number of nitrogens with zero attached hydrogens (tertiary/aromatic N) is 2. The minimum atomic E-state index is -0.428. The van der Waals surface area contributed by atoms with Crippen LogP contribution in [0.4, 0.5) is 5.69 Å². The summed E-state index contributed by atoms with van der Waals surface area (Å²) in [5.74, 6) is -0.428. The third kappa shape index (κ3) is 2.89. The Bertz CT molecular complexity index is 470. The Balaban J connectivity index is 2.00. The molecule has 0 bridgehead atoms. The average Bonchev–Trinajstić information content (AvgIpc) is 2.92. The van der Waals surface area contributed by atoms with Crippen LogP contribution in [0, 0.1) is 6.92 Å². The summed E-state index contributed by atoms with van der Waals surface area (Å²) in [7, 11) is 0. The van der Waals surface area contributed by atoms with Crippen LogP contribution in [0.25, 0.3) is 0 Å². The Morgan fingerprint density at radius 2 is 2.32 bits per heavy atom. The second kappa shape index (κ2) is 5.61. The molecule has 19 heavy (non-hydrogen) atoms. The summed E-state index contributed by atoms with van der Waals surface area (Å²) in [6, 6.07) is 0. The lowest BCUT2D eigenvalue weighted by Crippen LogP contribution is -2.21. The predicted octanol–water partition coefficient (Wildman–Crippen LogP) is 1.52. The van der Waals surface area contributed by atoms with E-state index in [9.17, 15) is 4.79 Å². The monoisotopic (exact) mass is 267 g/mol. The van der Waals surface area contributed by atoms with E-state index < -0.39 is 5.97 Å². The Kier molecular flexibility index (Phi) is 4.09. The number of hydrogen-bond donors (Lipinski definition) is 1. The number of anilines is 1. The number of hydrogen-bond acceptors (Lipinski definition) is 5. The zero-order valence-corrected chi connectivity index (χ0v) is 11.7. The van der Waals surface area contributed by atoms with Gasteiger partial charge in [-0.25, -0.2) is 4.79 Å². The number of carbonyl (C=O) groups is 1. The molecule has 2 heterocycles. The molecule has 2 atom stereocenters. The highest BCUT2D eigenvalue weighted by atomic mass is 16.6. The van der Waals surface area contributed by atoms with Gasteiger partial charge in [-0.05, 0) is 33.6 Å². The maximum Gasteiger partial charge on any atom is 0.358 e. The summed E-state index contributed by atoms with van der Waals surface area (Å²) in [6.45, 7) is 6.57. The summed E-state index contributed by atoms with van der Waals surface area (Å²) in [6.07, 6.45) is 2.18. The number of rotatable bonds is 4. The fraction of sp³-hybridized carbons (Fsp3) is 0.692. The van der Waals surface area contributed by atoms with E-state index in [0.717, 1.165) is 12.8 Å². The van der Waals surface area contributed by atoms with Crippen LogP contribution in [0.2, 0.25) is 0 Å². The van der Waals surface area contributed by atoms with E-state index in [2.05, 4.69) is 5.10 Å².